The fourth-order valence-electron chi connectivity index (χ4n) is 1.17. The number of hydrogen-bond acceptors (Lipinski definition) is 5. The van der Waals surface area contributed by atoms with Gasteiger partial charge in [0.2, 0.25) is 5.13 Å². The fourth-order valence-corrected chi connectivity index (χ4v) is 1.59. The Hall–Kier alpha value is -0.940. The Morgan fingerprint density at radius 3 is 3.31 bits per heavy atom. The van der Waals surface area contributed by atoms with Gasteiger partial charge in [0.15, 0.2) is 0 Å². The second kappa shape index (κ2) is 4.34. The number of ether oxygens (including phenoxy) is 1. The first-order chi connectivity index (χ1) is 6.45. The standard InChI is InChI=1S/C8H11N3OS/c1-3-12-4-2-7(1)5-9-8-10-6-11-13-8/h1,6H,2-5H2,(H,9,10,11). The van der Waals surface area contributed by atoms with E-state index in [9.17, 15) is 0 Å². The summed E-state index contributed by atoms with van der Waals surface area (Å²) >= 11 is 1.38. The van der Waals surface area contributed by atoms with Crippen molar-refractivity contribution in [1.82, 2.24) is 9.36 Å². The van der Waals surface area contributed by atoms with E-state index in [0.717, 1.165) is 31.3 Å². The maximum atomic E-state index is 5.21. The predicted molar refractivity (Wildman–Crippen MR) is 51.9 cm³/mol. The first-order valence-corrected chi connectivity index (χ1v) is 4.99. The maximum absolute atomic E-state index is 5.21. The minimum Gasteiger partial charge on any atom is -0.377 e. The van der Waals surface area contributed by atoms with Gasteiger partial charge >= 0.3 is 0 Å². The molecule has 0 fully saturated rings. The average molecular weight is 197 g/mol. The fraction of sp³-hybridized carbons (Fsp3) is 0.500. The predicted octanol–water partition coefficient (Wildman–Crippen LogP) is 1.30. The number of anilines is 1. The van der Waals surface area contributed by atoms with Crippen molar-refractivity contribution < 1.29 is 4.74 Å². The van der Waals surface area contributed by atoms with Crippen LogP contribution >= 0.6 is 11.5 Å². The molecule has 70 valence electrons. The summed E-state index contributed by atoms with van der Waals surface area (Å²) in [4.78, 5) is 4.04. The van der Waals surface area contributed by atoms with E-state index in [1.54, 1.807) is 6.33 Å². The molecular formula is C8H11N3OS. The van der Waals surface area contributed by atoms with E-state index in [-0.39, 0.29) is 0 Å². The van der Waals surface area contributed by atoms with Crippen molar-refractivity contribution in [1.29, 1.82) is 0 Å². The molecule has 0 atom stereocenters. The van der Waals surface area contributed by atoms with Crippen LogP contribution in [-0.2, 0) is 4.74 Å². The minimum atomic E-state index is 0.743. The average Bonchev–Trinajstić information content (AvgIpc) is 2.69. The summed E-state index contributed by atoms with van der Waals surface area (Å²) in [5.74, 6) is 0. The van der Waals surface area contributed by atoms with E-state index < -0.39 is 0 Å². The van der Waals surface area contributed by atoms with Gasteiger partial charge in [0, 0.05) is 18.1 Å². The quantitative estimate of drug-likeness (QED) is 0.742. The lowest BCUT2D eigenvalue weighted by molar-refractivity contribution is 0.154. The molecule has 0 amide bonds. The number of nitrogens with one attached hydrogen (secondary N) is 1. The molecule has 1 aliphatic heterocycles. The molecule has 4 nitrogen and oxygen atoms in total. The van der Waals surface area contributed by atoms with Crippen molar-refractivity contribution in [3.8, 4) is 0 Å². The van der Waals surface area contributed by atoms with Gasteiger partial charge in [0.25, 0.3) is 0 Å². The van der Waals surface area contributed by atoms with E-state index in [4.69, 9.17) is 4.74 Å². The molecule has 0 radical (unpaired) electrons. The van der Waals surface area contributed by atoms with Crippen LogP contribution in [-0.4, -0.2) is 29.1 Å². The first-order valence-electron chi connectivity index (χ1n) is 4.21. The molecule has 1 aromatic heterocycles. The Balaban J connectivity index is 1.82. The minimum absolute atomic E-state index is 0.743. The van der Waals surface area contributed by atoms with Crippen LogP contribution in [0.5, 0.6) is 0 Å². The monoisotopic (exact) mass is 197 g/mol. The largest absolute Gasteiger partial charge is 0.377 e. The van der Waals surface area contributed by atoms with Crippen molar-refractivity contribution in [2.75, 3.05) is 25.1 Å². The van der Waals surface area contributed by atoms with E-state index >= 15 is 0 Å². The molecule has 1 N–H and O–H groups in total. The van der Waals surface area contributed by atoms with Gasteiger partial charge in [0.05, 0.1) is 13.2 Å². The number of nitrogens with zero attached hydrogens (tertiary/aromatic N) is 2. The van der Waals surface area contributed by atoms with Crippen LogP contribution < -0.4 is 5.32 Å². The zero-order valence-corrected chi connectivity index (χ0v) is 8.01. The highest BCUT2D eigenvalue weighted by atomic mass is 32.1. The third-order valence-electron chi connectivity index (χ3n) is 1.89. The van der Waals surface area contributed by atoms with Gasteiger partial charge in [-0.25, -0.2) is 4.98 Å². The molecule has 0 spiro atoms. The topological polar surface area (TPSA) is 47.0 Å². The first kappa shape index (κ1) is 8.65. The highest BCUT2D eigenvalue weighted by Crippen LogP contribution is 2.11. The SMILES string of the molecule is C1=C(CNc2ncns2)CCOC1. The molecule has 0 unspecified atom stereocenters. The van der Waals surface area contributed by atoms with Crippen LogP contribution in [0.15, 0.2) is 18.0 Å². The third-order valence-corrected chi connectivity index (χ3v) is 2.51. The second-order valence-corrected chi connectivity index (χ2v) is 3.57. The van der Waals surface area contributed by atoms with Crippen molar-refractivity contribution in [2.24, 2.45) is 0 Å². The summed E-state index contributed by atoms with van der Waals surface area (Å²) in [6.45, 7) is 2.44. The molecule has 0 saturated heterocycles. The van der Waals surface area contributed by atoms with Gasteiger partial charge in [-0.15, -0.1) is 0 Å². The molecule has 1 aliphatic rings. The molecule has 0 saturated carbocycles. The van der Waals surface area contributed by atoms with Crippen LogP contribution in [0.4, 0.5) is 5.13 Å². The number of aromatic nitrogens is 2. The molecular weight excluding hydrogens is 186 g/mol. The molecule has 13 heavy (non-hydrogen) atoms. The van der Waals surface area contributed by atoms with E-state index in [0.29, 0.717) is 0 Å². The second-order valence-electron chi connectivity index (χ2n) is 2.79. The summed E-state index contributed by atoms with van der Waals surface area (Å²) in [6.07, 6.45) is 4.70. The van der Waals surface area contributed by atoms with Crippen molar-refractivity contribution >= 4 is 16.7 Å². The molecule has 2 heterocycles. The van der Waals surface area contributed by atoms with Crippen LogP contribution in [0.3, 0.4) is 0 Å². The van der Waals surface area contributed by atoms with Crippen LogP contribution in [0.2, 0.25) is 0 Å². The normalized spacial score (nSPS) is 16.8. The summed E-state index contributed by atoms with van der Waals surface area (Å²) < 4.78 is 9.12. The zero-order chi connectivity index (χ0) is 8.93. The Bertz CT molecular complexity index is 284. The number of rotatable bonds is 3. The molecule has 0 aromatic carbocycles. The van der Waals surface area contributed by atoms with Gasteiger partial charge in [-0.05, 0) is 6.42 Å². The summed E-state index contributed by atoms with van der Waals surface area (Å²) in [6, 6.07) is 0. The summed E-state index contributed by atoms with van der Waals surface area (Å²) in [5, 5.41) is 4.10. The highest BCUT2D eigenvalue weighted by Gasteiger charge is 2.03. The van der Waals surface area contributed by atoms with Gasteiger partial charge in [-0.3, -0.25) is 0 Å². The molecule has 0 aliphatic carbocycles. The Kier molecular flexibility index (Phi) is 2.89. The highest BCUT2D eigenvalue weighted by molar-refractivity contribution is 7.09. The van der Waals surface area contributed by atoms with E-state index in [1.165, 1.54) is 17.1 Å². The van der Waals surface area contributed by atoms with Gasteiger partial charge in [-0.2, -0.15) is 4.37 Å². The molecule has 0 bridgehead atoms. The van der Waals surface area contributed by atoms with Gasteiger partial charge in [-0.1, -0.05) is 11.6 Å². The van der Waals surface area contributed by atoms with Crippen LogP contribution in [0.1, 0.15) is 6.42 Å². The third kappa shape index (κ3) is 2.50. The maximum Gasteiger partial charge on any atom is 0.202 e. The van der Waals surface area contributed by atoms with Gasteiger partial charge < -0.3 is 10.1 Å². The summed E-state index contributed by atoms with van der Waals surface area (Å²) in [5.41, 5.74) is 1.39. The molecule has 2 rings (SSSR count). The van der Waals surface area contributed by atoms with E-state index in [1.807, 2.05) is 0 Å². The molecule has 5 heteroatoms. The molecule has 1 aromatic rings. The van der Waals surface area contributed by atoms with Crippen molar-refractivity contribution in [2.45, 2.75) is 6.42 Å². The lowest BCUT2D eigenvalue weighted by Gasteiger charge is -2.13. The Morgan fingerprint density at radius 2 is 2.62 bits per heavy atom. The van der Waals surface area contributed by atoms with Gasteiger partial charge in [0.1, 0.15) is 6.33 Å². The summed E-state index contributed by atoms with van der Waals surface area (Å²) in [7, 11) is 0. The van der Waals surface area contributed by atoms with Crippen LogP contribution in [0, 0.1) is 0 Å². The van der Waals surface area contributed by atoms with E-state index in [2.05, 4.69) is 20.8 Å². The zero-order valence-electron chi connectivity index (χ0n) is 7.19. The van der Waals surface area contributed by atoms with Crippen LogP contribution in [0.25, 0.3) is 0 Å². The van der Waals surface area contributed by atoms with Crippen molar-refractivity contribution in [3.63, 3.8) is 0 Å². The number of hydrogen-bond donors (Lipinski definition) is 1. The Labute approximate surface area is 80.8 Å². The Morgan fingerprint density at radius 1 is 1.62 bits per heavy atom. The van der Waals surface area contributed by atoms with Crippen molar-refractivity contribution in [3.05, 3.63) is 18.0 Å². The smallest absolute Gasteiger partial charge is 0.202 e. The lowest BCUT2D eigenvalue weighted by Crippen LogP contribution is -2.11. The lowest BCUT2D eigenvalue weighted by atomic mass is 10.1.